The van der Waals surface area contributed by atoms with Gasteiger partial charge in [-0.2, -0.15) is 0 Å². The van der Waals surface area contributed by atoms with Crippen LogP contribution < -0.4 is 16.6 Å². The quantitative estimate of drug-likeness (QED) is 0.372. The predicted octanol–water partition coefficient (Wildman–Crippen LogP) is 5.05. The van der Waals surface area contributed by atoms with E-state index in [0.29, 0.717) is 33.8 Å². The fourth-order valence-corrected chi connectivity index (χ4v) is 4.09. The fourth-order valence-electron chi connectivity index (χ4n) is 3.83. The van der Waals surface area contributed by atoms with E-state index < -0.39 is 17.2 Å². The summed E-state index contributed by atoms with van der Waals surface area (Å²) in [5, 5.41) is 4.08. The van der Waals surface area contributed by atoms with Crippen LogP contribution in [0.3, 0.4) is 0 Å². The zero-order valence-electron chi connectivity index (χ0n) is 14.8. The molecule has 0 saturated carbocycles. The second kappa shape index (κ2) is 6.21. The van der Waals surface area contributed by atoms with Crippen molar-refractivity contribution in [3.8, 4) is 0 Å². The Morgan fingerprint density at radius 2 is 1.64 bits per heavy atom. The molecule has 1 N–H and O–H groups in total. The Balaban J connectivity index is 1.91. The molecule has 138 valence electrons. The van der Waals surface area contributed by atoms with Gasteiger partial charge in [0.15, 0.2) is 0 Å². The molecule has 4 aromatic rings. The summed E-state index contributed by atoms with van der Waals surface area (Å²) >= 11 is 3.43. The predicted molar refractivity (Wildman–Crippen MR) is 111 cm³/mol. The van der Waals surface area contributed by atoms with Gasteiger partial charge in [0.1, 0.15) is 11.3 Å². The molecule has 2 aromatic carbocycles. The Bertz CT molecular complexity index is 1350. The van der Waals surface area contributed by atoms with Crippen molar-refractivity contribution in [3.05, 3.63) is 102 Å². The van der Waals surface area contributed by atoms with E-state index in [1.165, 1.54) is 0 Å². The lowest BCUT2D eigenvalue weighted by Gasteiger charge is -2.28. The molecule has 5 rings (SSSR count). The number of hydrogen-bond donors (Lipinski definition) is 1. The Morgan fingerprint density at radius 3 is 2.43 bits per heavy atom. The van der Waals surface area contributed by atoms with E-state index in [1.54, 1.807) is 19.1 Å². The van der Waals surface area contributed by atoms with Crippen LogP contribution in [0.4, 0.5) is 11.4 Å². The fraction of sp³-hybridized carbons (Fsp3) is 0.0909. The second-order valence-electron chi connectivity index (χ2n) is 6.76. The molecule has 0 amide bonds. The maximum atomic E-state index is 13.0. The first-order valence-corrected chi connectivity index (χ1v) is 9.55. The largest absolute Gasteiger partial charge is 0.428 e. The molecule has 3 heterocycles. The minimum atomic E-state index is -0.586. The van der Waals surface area contributed by atoms with Gasteiger partial charge in [-0.25, -0.2) is 9.59 Å². The lowest BCUT2D eigenvalue weighted by Crippen LogP contribution is -2.27. The van der Waals surface area contributed by atoms with Gasteiger partial charge in [0.2, 0.25) is 0 Å². The smallest absolute Gasteiger partial charge is 0.342 e. The van der Waals surface area contributed by atoms with E-state index in [9.17, 15) is 9.59 Å². The number of aryl methyl sites for hydroxylation is 1. The highest BCUT2D eigenvalue weighted by molar-refractivity contribution is 9.10. The third kappa shape index (κ3) is 2.52. The van der Waals surface area contributed by atoms with Gasteiger partial charge >= 0.3 is 11.3 Å². The molecule has 1 atom stereocenters. The summed E-state index contributed by atoms with van der Waals surface area (Å²) in [5.74, 6) is -0.0846. The third-order valence-electron chi connectivity index (χ3n) is 5.00. The van der Waals surface area contributed by atoms with Crippen LogP contribution in [0, 0.1) is 6.92 Å². The molecule has 1 aliphatic heterocycles. The second-order valence-corrected chi connectivity index (χ2v) is 7.67. The molecule has 0 aliphatic carbocycles. The highest BCUT2D eigenvalue weighted by Gasteiger charge is 2.35. The number of para-hydroxylation sites is 1. The Labute approximate surface area is 167 Å². The molecule has 1 aliphatic rings. The van der Waals surface area contributed by atoms with Crippen molar-refractivity contribution in [2.45, 2.75) is 12.8 Å². The van der Waals surface area contributed by atoms with E-state index in [1.807, 2.05) is 42.5 Å². The normalized spacial score (nSPS) is 15.0. The van der Waals surface area contributed by atoms with Crippen molar-refractivity contribution < 1.29 is 8.83 Å². The highest BCUT2D eigenvalue weighted by atomic mass is 79.9. The first-order valence-electron chi connectivity index (χ1n) is 8.76. The summed E-state index contributed by atoms with van der Waals surface area (Å²) in [6.45, 7) is 1.73. The first kappa shape index (κ1) is 17.0. The molecule has 5 nitrogen and oxygen atoms in total. The Hall–Kier alpha value is -3.12. The van der Waals surface area contributed by atoms with Gasteiger partial charge in [0.25, 0.3) is 0 Å². The van der Waals surface area contributed by atoms with Crippen LogP contribution >= 0.6 is 15.9 Å². The highest BCUT2D eigenvalue weighted by Crippen LogP contribution is 2.44. The summed E-state index contributed by atoms with van der Waals surface area (Å²) in [5.41, 5.74) is 2.49. The Kier molecular flexibility index (Phi) is 3.77. The summed E-state index contributed by atoms with van der Waals surface area (Å²) in [6, 6.07) is 16.7. The zero-order valence-corrected chi connectivity index (χ0v) is 16.4. The van der Waals surface area contributed by atoms with Crippen molar-refractivity contribution in [3.63, 3.8) is 0 Å². The lowest BCUT2D eigenvalue weighted by molar-refractivity contribution is 0.470. The SMILES string of the molecule is Cc1cc2c(c(=O)o1)C(c1ccc(Br)cc1)c1c(c3ccccc3oc1=O)N2. The standard InChI is InChI=1S/C22H14BrNO4/c1-11-10-15-18(21(25)27-11)17(12-6-8-13(23)9-7-12)19-20(24-15)14-4-2-3-5-16(14)28-22(19)26/h2-10,17,24H,1H3. The Morgan fingerprint density at radius 1 is 0.929 bits per heavy atom. The number of fused-ring (bicyclic) bond motifs is 4. The van der Waals surface area contributed by atoms with Crippen LogP contribution in [0.2, 0.25) is 0 Å². The maximum absolute atomic E-state index is 13.0. The maximum Gasteiger partial charge on any atom is 0.342 e. The van der Waals surface area contributed by atoms with E-state index in [-0.39, 0.29) is 0 Å². The average molecular weight is 436 g/mol. The van der Waals surface area contributed by atoms with Gasteiger partial charge in [0.05, 0.1) is 28.4 Å². The van der Waals surface area contributed by atoms with Gasteiger partial charge in [-0.3, -0.25) is 0 Å². The van der Waals surface area contributed by atoms with E-state index in [0.717, 1.165) is 15.4 Å². The van der Waals surface area contributed by atoms with Crippen LogP contribution in [-0.4, -0.2) is 0 Å². The molecular formula is C22H14BrNO4. The van der Waals surface area contributed by atoms with Gasteiger partial charge in [-0.1, -0.05) is 40.2 Å². The molecule has 0 radical (unpaired) electrons. The molecular weight excluding hydrogens is 422 g/mol. The average Bonchev–Trinajstić information content (AvgIpc) is 2.67. The minimum absolute atomic E-state index is 0.406. The summed E-state index contributed by atoms with van der Waals surface area (Å²) in [7, 11) is 0. The van der Waals surface area contributed by atoms with Crippen molar-refractivity contribution in [2.24, 2.45) is 0 Å². The van der Waals surface area contributed by atoms with Crippen molar-refractivity contribution >= 4 is 38.3 Å². The molecule has 0 spiro atoms. The topological polar surface area (TPSA) is 72.5 Å². The molecule has 6 heteroatoms. The molecule has 0 fully saturated rings. The third-order valence-corrected chi connectivity index (χ3v) is 5.53. The zero-order chi connectivity index (χ0) is 19.4. The molecule has 2 aromatic heterocycles. The van der Waals surface area contributed by atoms with Gasteiger partial charge in [-0.15, -0.1) is 0 Å². The number of anilines is 2. The van der Waals surface area contributed by atoms with Crippen molar-refractivity contribution in [1.29, 1.82) is 0 Å². The number of nitrogens with one attached hydrogen (secondary N) is 1. The summed E-state index contributed by atoms with van der Waals surface area (Å²) in [4.78, 5) is 25.7. The van der Waals surface area contributed by atoms with Crippen LogP contribution in [-0.2, 0) is 0 Å². The van der Waals surface area contributed by atoms with Gasteiger partial charge in [0, 0.05) is 15.9 Å². The van der Waals surface area contributed by atoms with Crippen LogP contribution in [0.25, 0.3) is 11.0 Å². The number of halogens is 1. The summed E-state index contributed by atoms with van der Waals surface area (Å²) in [6.07, 6.45) is 0. The van der Waals surface area contributed by atoms with Crippen LogP contribution in [0.5, 0.6) is 0 Å². The minimum Gasteiger partial charge on any atom is -0.428 e. The number of rotatable bonds is 1. The van der Waals surface area contributed by atoms with E-state index >= 15 is 0 Å². The molecule has 28 heavy (non-hydrogen) atoms. The van der Waals surface area contributed by atoms with E-state index in [2.05, 4.69) is 21.2 Å². The number of benzene rings is 2. The lowest BCUT2D eigenvalue weighted by atomic mass is 9.82. The first-order chi connectivity index (χ1) is 13.5. The van der Waals surface area contributed by atoms with Crippen molar-refractivity contribution in [1.82, 2.24) is 0 Å². The summed E-state index contributed by atoms with van der Waals surface area (Å²) < 4.78 is 11.8. The molecule has 0 bridgehead atoms. The molecule has 1 unspecified atom stereocenters. The van der Waals surface area contributed by atoms with Crippen LogP contribution in [0.15, 0.2) is 77.5 Å². The van der Waals surface area contributed by atoms with E-state index in [4.69, 9.17) is 8.83 Å². The number of hydrogen-bond acceptors (Lipinski definition) is 5. The van der Waals surface area contributed by atoms with Crippen molar-refractivity contribution in [2.75, 3.05) is 5.32 Å². The van der Waals surface area contributed by atoms with Gasteiger partial charge < -0.3 is 14.2 Å². The monoisotopic (exact) mass is 435 g/mol. The van der Waals surface area contributed by atoms with Crippen LogP contribution in [0.1, 0.15) is 28.4 Å². The molecule has 0 saturated heterocycles. The van der Waals surface area contributed by atoms with Gasteiger partial charge in [-0.05, 0) is 36.8 Å².